The summed E-state index contributed by atoms with van der Waals surface area (Å²) in [5.41, 5.74) is 2.84. The molecular weight excluding hydrogens is 763 g/mol. The first-order valence-corrected chi connectivity index (χ1v) is 20.2. The second-order valence-electron chi connectivity index (χ2n) is 15.2. The van der Waals surface area contributed by atoms with Gasteiger partial charge in [-0.1, -0.05) is 43.2 Å². The van der Waals surface area contributed by atoms with Crippen LogP contribution in [-0.4, -0.2) is 103 Å². The number of carbonyl (C=O) groups excluding carboxylic acids is 3. The summed E-state index contributed by atoms with van der Waals surface area (Å²) in [6.45, 7) is 6.19. The van der Waals surface area contributed by atoms with Gasteiger partial charge < -0.3 is 29.5 Å². The maximum atomic E-state index is 14.3. The van der Waals surface area contributed by atoms with Crippen molar-refractivity contribution in [3.05, 3.63) is 82.7 Å². The Morgan fingerprint density at radius 3 is 2.44 bits per heavy atom. The molecule has 6 rings (SSSR count). The number of aryl methyl sites for hydroxylation is 2. The lowest BCUT2D eigenvalue weighted by Gasteiger charge is -2.34. The minimum Gasteiger partial charge on any atom is -0.493 e. The van der Waals surface area contributed by atoms with E-state index in [0.29, 0.717) is 66.8 Å². The molecule has 1 aromatic heterocycles. The van der Waals surface area contributed by atoms with Crippen LogP contribution in [0.3, 0.4) is 0 Å². The average Bonchev–Trinajstić information content (AvgIpc) is 3.24. The zero-order chi connectivity index (χ0) is 42.1. The van der Waals surface area contributed by atoms with Crippen molar-refractivity contribution in [3.8, 4) is 17.2 Å². The van der Waals surface area contributed by atoms with E-state index in [-0.39, 0.29) is 41.9 Å². The number of amides is 3. The number of rotatable bonds is 18. The second-order valence-corrected chi connectivity index (χ2v) is 15.2. The third-order valence-corrected chi connectivity index (χ3v) is 11.2. The quantitative estimate of drug-likeness (QED) is 0.0794. The lowest BCUT2D eigenvalue weighted by Crippen LogP contribution is -2.50. The van der Waals surface area contributed by atoms with Crippen molar-refractivity contribution in [2.45, 2.75) is 76.7 Å². The zero-order valence-electron chi connectivity index (χ0n) is 34.2. The number of alkyl halides is 2. The minimum atomic E-state index is -3.35. The van der Waals surface area contributed by atoms with Gasteiger partial charge in [-0.05, 0) is 81.5 Å². The maximum Gasteiger partial charge on any atom is 0.295 e. The fourth-order valence-corrected chi connectivity index (χ4v) is 7.79. The van der Waals surface area contributed by atoms with E-state index in [2.05, 4.69) is 15.5 Å². The predicted molar refractivity (Wildman–Crippen MR) is 219 cm³/mol. The van der Waals surface area contributed by atoms with E-state index in [0.717, 1.165) is 67.3 Å². The van der Waals surface area contributed by atoms with E-state index in [1.165, 1.54) is 12.1 Å². The summed E-state index contributed by atoms with van der Waals surface area (Å²) in [5, 5.41) is 15.7. The van der Waals surface area contributed by atoms with Crippen LogP contribution >= 0.6 is 0 Å². The highest BCUT2D eigenvalue weighted by atomic mass is 19.3. The molecule has 3 N–H and O–H groups in total. The number of carbonyl (C=O) groups is 3. The topological polar surface area (TPSA) is 155 Å². The van der Waals surface area contributed by atoms with Gasteiger partial charge in [0.15, 0.2) is 18.1 Å². The minimum absolute atomic E-state index is 0.0575. The smallest absolute Gasteiger partial charge is 0.295 e. The molecule has 2 fully saturated rings. The number of nitrogens with one attached hydrogen (secondary N) is 2. The molecule has 3 amide bonds. The number of imide groups is 1. The number of methoxy groups -OCH3 is 2. The third-order valence-electron chi connectivity index (χ3n) is 11.2. The Bertz CT molecular complexity index is 2110. The van der Waals surface area contributed by atoms with Gasteiger partial charge >= 0.3 is 0 Å². The molecule has 13 nitrogen and oxygen atoms in total. The first-order valence-electron chi connectivity index (χ1n) is 20.2. The van der Waals surface area contributed by atoms with Gasteiger partial charge in [0.1, 0.15) is 24.0 Å². The molecule has 3 heterocycles. The van der Waals surface area contributed by atoms with Crippen molar-refractivity contribution in [1.29, 1.82) is 0 Å². The van der Waals surface area contributed by atoms with Gasteiger partial charge in [0, 0.05) is 55.2 Å². The highest BCUT2D eigenvalue weighted by Gasteiger charge is 2.31. The molecule has 316 valence electrons. The summed E-state index contributed by atoms with van der Waals surface area (Å²) in [5.74, 6) is -1.48. The number of piperidine rings is 1. The molecule has 0 bridgehead atoms. The summed E-state index contributed by atoms with van der Waals surface area (Å²) in [4.78, 5) is 50.3. The number of aliphatic hydroxyl groups is 1. The summed E-state index contributed by atoms with van der Waals surface area (Å²) < 4.78 is 45.9. The molecule has 4 aromatic rings. The van der Waals surface area contributed by atoms with Crippen molar-refractivity contribution in [2.24, 2.45) is 0 Å². The first kappa shape index (κ1) is 43.2. The zero-order valence-corrected chi connectivity index (χ0v) is 34.2. The molecule has 15 heteroatoms. The Kier molecular flexibility index (Phi) is 14.3. The van der Waals surface area contributed by atoms with Crippen LogP contribution in [0.4, 0.5) is 14.6 Å². The average molecular weight is 817 g/mol. The lowest BCUT2D eigenvalue weighted by molar-refractivity contribution is -0.135. The molecule has 0 radical (unpaired) electrons. The number of hydrogen-bond donors (Lipinski definition) is 3. The fourth-order valence-electron chi connectivity index (χ4n) is 7.79. The Labute approximate surface area is 343 Å². The lowest BCUT2D eigenvalue weighted by atomic mass is 9.90. The molecule has 1 unspecified atom stereocenters. The molecule has 0 aliphatic carbocycles. The van der Waals surface area contributed by atoms with Gasteiger partial charge in [-0.15, -0.1) is 0 Å². The van der Waals surface area contributed by atoms with Crippen molar-refractivity contribution in [3.63, 3.8) is 0 Å². The SMILES string of the molecule is COc1cc2c(N[C@H](C)c3cccc(C(F)(F)CO)c3)nc(C)nc2c(CCCCCCN2CCN(C(=O)COc3ccc(C4CCC(=O)NC4=O)cc3)CC2)c1OC. The Balaban J connectivity index is 0.969. The fraction of sp³-hybridized carbons (Fsp3) is 0.477. The molecule has 3 aromatic carbocycles. The van der Waals surface area contributed by atoms with E-state index >= 15 is 0 Å². The van der Waals surface area contributed by atoms with Crippen LogP contribution in [0, 0.1) is 6.92 Å². The Morgan fingerprint density at radius 1 is 1.00 bits per heavy atom. The van der Waals surface area contributed by atoms with E-state index in [1.807, 2.05) is 36.9 Å². The van der Waals surface area contributed by atoms with Crippen molar-refractivity contribution in [1.82, 2.24) is 25.1 Å². The molecule has 0 spiro atoms. The van der Waals surface area contributed by atoms with Gasteiger partial charge in [-0.2, -0.15) is 8.78 Å². The number of unbranched alkanes of at least 4 members (excludes halogenated alkanes) is 3. The van der Waals surface area contributed by atoms with Crippen LogP contribution in [0.15, 0.2) is 54.6 Å². The Morgan fingerprint density at radius 2 is 1.75 bits per heavy atom. The monoisotopic (exact) mass is 816 g/mol. The summed E-state index contributed by atoms with van der Waals surface area (Å²) >= 11 is 0. The number of fused-ring (bicyclic) bond motifs is 1. The van der Waals surface area contributed by atoms with Crippen LogP contribution in [0.5, 0.6) is 17.2 Å². The largest absolute Gasteiger partial charge is 0.493 e. The molecular formula is C44H54F2N6O7. The number of piperazine rings is 1. The standard InChI is InChI=1S/C44H54F2N6O7/c1-28(31-10-9-11-32(24-31)44(45,46)27-53)47-42-36-25-37(57-3)41(58-4)35(40(36)48-29(2)49-42)12-7-5-6-8-19-51-20-22-52(23-21-51)39(55)26-59-33-15-13-30(14-16-33)34-17-18-38(54)50-43(34)56/h9-11,13-16,24-25,28,34,53H,5-8,12,17-23,26-27H2,1-4H3,(H,47,48,49)(H,50,54,56)/t28-,34?/m1/s1. The van der Waals surface area contributed by atoms with E-state index in [9.17, 15) is 28.3 Å². The van der Waals surface area contributed by atoms with Gasteiger partial charge in [0.2, 0.25) is 11.8 Å². The number of ether oxygens (including phenoxy) is 3. The molecule has 2 saturated heterocycles. The molecule has 2 aliphatic heterocycles. The number of aromatic nitrogens is 2. The summed E-state index contributed by atoms with van der Waals surface area (Å²) in [7, 11) is 3.20. The normalized spacial score (nSPS) is 16.8. The second kappa shape index (κ2) is 19.6. The third kappa shape index (κ3) is 10.6. The summed E-state index contributed by atoms with van der Waals surface area (Å²) in [6.07, 6.45) is 5.45. The van der Waals surface area contributed by atoms with Gasteiger partial charge in [0.25, 0.3) is 11.8 Å². The molecule has 59 heavy (non-hydrogen) atoms. The molecule has 2 atom stereocenters. The highest BCUT2D eigenvalue weighted by Crippen LogP contribution is 2.40. The van der Waals surface area contributed by atoms with Crippen LogP contribution < -0.4 is 24.8 Å². The van der Waals surface area contributed by atoms with Crippen molar-refractivity contribution >= 4 is 34.4 Å². The number of aliphatic hydroxyl groups excluding tert-OH is 1. The highest BCUT2D eigenvalue weighted by molar-refractivity contribution is 6.01. The number of halogens is 2. The van der Waals surface area contributed by atoms with E-state index < -0.39 is 12.5 Å². The van der Waals surface area contributed by atoms with Gasteiger partial charge in [-0.25, -0.2) is 9.97 Å². The molecule has 2 aliphatic rings. The number of nitrogens with zero attached hydrogens (tertiary/aromatic N) is 4. The number of benzene rings is 3. The molecule has 0 saturated carbocycles. The van der Waals surface area contributed by atoms with Crippen LogP contribution in [-0.2, 0) is 26.7 Å². The number of anilines is 1. The summed E-state index contributed by atoms with van der Waals surface area (Å²) in [6, 6.07) is 14.6. The number of hydrogen-bond acceptors (Lipinski definition) is 11. The Hall–Kier alpha value is -5.41. The van der Waals surface area contributed by atoms with Gasteiger partial charge in [-0.3, -0.25) is 24.6 Å². The van der Waals surface area contributed by atoms with Crippen LogP contribution in [0.25, 0.3) is 10.9 Å². The van der Waals surface area contributed by atoms with Crippen LogP contribution in [0.1, 0.15) is 85.5 Å². The predicted octanol–water partition coefficient (Wildman–Crippen LogP) is 6.06. The van der Waals surface area contributed by atoms with E-state index in [1.54, 1.807) is 38.5 Å². The van der Waals surface area contributed by atoms with E-state index in [4.69, 9.17) is 24.2 Å². The maximum absolute atomic E-state index is 14.3. The first-order chi connectivity index (χ1) is 28.4. The van der Waals surface area contributed by atoms with Crippen molar-refractivity contribution in [2.75, 3.05) is 65.5 Å². The van der Waals surface area contributed by atoms with Crippen LogP contribution in [0.2, 0.25) is 0 Å². The van der Waals surface area contributed by atoms with Crippen molar-refractivity contribution < 1.29 is 42.5 Å². The van der Waals surface area contributed by atoms with Gasteiger partial charge in [0.05, 0.1) is 25.7 Å².